The van der Waals surface area contributed by atoms with Gasteiger partial charge in [-0.05, 0) is 40.8 Å². The first-order valence-corrected chi connectivity index (χ1v) is 4.27. The van der Waals surface area contributed by atoms with Crippen LogP contribution < -0.4 is 0 Å². The van der Waals surface area contributed by atoms with Crippen LogP contribution >= 0.6 is 0 Å². The molecule has 0 aromatic heterocycles. The van der Waals surface area contributed by atoms with E-state index in [0.29, 0.717) is 0 Å². The van der Waals surface area contributed by atoms with Gasteiger partial charge in [-0.2, -0.15) is 0 Å². The van der Waals surface area contributed by atoms with E-state index in [0.717, 1.165) is 13.0 Å². The molecule has 0 rings (SSSR count). The largest absolute Gasteiger partial charge is 0.481 e. The fraction of sp³-hybridized carbons (Fsp3) is 0.889. The third-order valence-electron chi connectivity index (χ3n) is 2.03. The van der Waals surface area contributed by atoms with Crippen molar-refractivity contribution in [2.75, 3.05) is 13.6 Å². The molecule has 0 heterocycles. The zero-order valence-electron chi connectivity index (χ0n) is 8.42. The summed E-state index contributed by atoms with van der Waals surface area (Å²) in [4.78, 5) is 12.4. The van der Waals surface area contributed by atoms with Crippen LogP contribution in [0, 0.1) is 0 Å². The molecule has 0 aromatic rings. The van der Waals surface area contributed by atoms with Crippen LogP contribution in [-0.2, 0) is 4.79 Å². The number of nitrogens with zero attached hydrogens (tertiary/aromatic N) is 1. The molecule has 0 aliphatic heterocycles. The maximum atomic E-state index is 10.2. The predicted molar refractivity (Wildman–Crippen MR) is 49.3 cm³/mol. The van der Waals surface area contributed by atoms with Gasteiger partial charge in [0.25, 0.3) is 0 Å². The van der Waals surface area contributed by atoms with Gasteiger partial charge in [0.2, 0.25) is 0 Å². The molecule has 0 saturated heterocycles. The van der Waals surface area contributed by atoms with Crippen molar-refractivity contribution in [2.24, 2.45) is 0 Å². The number of rotatable bonds is 4. The summed E-state index contributed by atoms with van der Waals surface area (Å²) in [6.45, 7) is 7.20. The molecule has 0 saturated carbocycles. The minimum Gasteiger partial charge on any atom is -0.481 e. The molecule has 0 bridgehead atoms. The fourth-order valence-electron chi connectivity index (χ4n) is 0.803. The maximum absolute atomic E-state index is 10.2. The van der Waals surface area contributed by atoms with Crippen molar-refractivity contribution in [3.05, 3.63) is 0 Å². The Balaban J connectivity index is 3.58. The lowest BCUT2D eigenvalue weighted by molar-refractivity contribution is -0.137. The highest BCUT2D eigenvalue weighted by Crippen LogP contribution is 2.10. The number of carboxylic acid groups (broad SMARTS) is 1. The van der Waals surface area contributed by atoms with E-state index in [-0.39, 0.29) is 12.0 Å². The van der Waals surface area contributed by atoms with Gasteiger partial charge in [0, 0.05) is 12.0 Å². The monoisotopic (exact) mass is 173 g/mol. The summed E-state index contributed by atoms with van der Waals surface area (Å²) >= 11 is 0. The molecule has 0 aliphatic rings. The van der Waals surface area contributed by atoms with Crippen LogP contribution in [0.15, 0.2) is 0 Å². The van der Waals surface area contributed by atoms with Crippen molar-refractivity contribution in [1.29, 1.82) is 0 Å². The quantitative estimate of drug-likeness (QED) is 0.701. The number of hydrogen-bond acceptors (Lipinski definition) is 2. The number of carboxylic acids is 1. The Morgan fingerprint density at radius 2 is 1.92 bits per heavy atom. The van der Waals surface area contributed by atoms with Gasteiger partial charge in [-0.15, -0.1) is 0 Å². The number of hydrogen-bond donors (Lipinski definition) is 1. The molecular formula is C9H19NO2. The second-order valence-electron chi connectivity index (χ2n) is 4.09. The SMILES string of the molecule is CN(CCCC(=O)O)C(C)(C)C. The lowest BCUT2D eigenvalue weighted by atomic mass is 10.1. The molecule has 0 aliphatic carbocycles. The second kappa shape index (κ2) is 4.45. The average Bonchev–Trinajstić information content (AvgIpc) is 1.84. The molecule has 0 spiro atoms. The average molecular weight is 173 g/mol. The number of aliphatic carboxylic acids is 1. The summed E-state index contributed by atoms with van der Waals surface area (Å²) in [5, 5.41) is 8.41. The first-order valence-electron chi connectivity index (χ1n) is 4.27. The molecule has 12 heavy (non-hydrogen) atoms. The lowest BCUT2D eigenvalue weighted by Gasteiger charge is -2.31. The zero-order chi connectivity index (χ0) is 9.78. The van der Waals surface area contributed by atoms with E-state index in [4.69, 9.17) is 5.11 Å². The first-order chi connectivity index (χ1) is 5.34. The zero-order valence-corrected chi connectivity index (χ0v) is 8.42. The fourth-order valence-corrected chi connectivity index (χ4v) is 0.803. The molecule has 0 aromatic carbocycles. The maximum Gasteiger partial charge on any atom is 0.303 e. The van der Waals surface area contributed by atoms with Gasteiger partial charge in [0.05, 0.1) is 0 Å². The van der Waals surface area contributed by atoms with Gasteiger partial charge in [0.15, 0.2) is 0 Å². The van der Waals surface area contributed by atoms with Crippen LogP contribution in [0.1, 0.15) is 33.6 Å². The van der Waals surface area contributed by atoms with Crippen LogP contribution in [-0.4, -0.2) is 35.1 Å². The Morgan fingerprint density at radius 3 is 2.25 bits per heavy atom. The molecule has 72 valence electrons. The van der Waals surface area contributed by atoms with Gasteiger partial charge in [-0.25, -0.2) is 0 Å². The molecule has 0 atom stereocenters. The molecular weight excluding hydrogens is 154 g/mol. The van der Waals surface area contributed by atoms with Crippen LogP contribution in [0.5, 0.6) is 0 Å². The molecule has 3 nitrogen and oxygen atoms in total. The summed E-state index contributed by atoms with van der Waals surface area (Å²) in [5.41, 5.74) is 0.137. The number of carbonyl (C=O) groups is 1. The Labute approximate surface area is 74.4 Å². The summed E-state index contributed by atoms with van der Waals surface area (Å²) in [5.74, 6) is -0.711. The van der Waals surface area contributed by atoms with Crippen molar-refractivity contribution in [2.45, 2.75) is 39.2 Å². The predicted octanol–water partition coefficient (Wildman–Crippen LogP) is 1.58. The van der Waals surface area contributed by atoms with E-state index in [1.54, 1.807) is 0 Å². The van der Waals surface area contributed by atoms with E-state index in [1.165, 1.54) is 0 Å². The normalized spacial score (nSPS) is 12.1. The van der Waals surface area contributed by atoms with Crippen molar-refractivity contribution in [3.63, 3.8) is 0 Å². The minimum absolute atomic E-state index is 0.137. The lowest BCUT2D eigenvalue weighted by Crippen LogP contribution is -2.38. The van der Waals surface area contributed by atoms with E-state index in [2.05, 4.69) is 25.7 Å². The summed E-state index contributed by atoms with van der Waals surface area (Å²) in [7, 11) is 2.02. The molecule has 0 fully saturated rings. The van der Waals surface area contributed by atoms with Gasteiger partial charge in [-0.3, -0.25) is 4.79 Å². The van der Waals surface area contributed by atoms with E-state index < -0.39 is 5.97 Å². The van der Waals surface area contributed by atoms with Crippen molar-refractivity contribution < 1.29 is 9.90 Å². The highest BCUT2D eigenvalue weighted by molar-refractivity contribution is 5.66. The Morgan fingerprint density at radius 1 is 1.42 bits per heavy atom. The highest BCUT2D eigenvalue weighted by atomic mass is 16.4. The molecule has 0 radical (unpaired) electrons. The Kier molecular flexibility index (Phi) is 4.24. The van der Waals surface area contributed by atoms with E-state index >= 15 is 0 Å². The van der Waals surface area contributed by atoms with Crippen molar-refractivity contribution >= 4 is 5.97 Å². The molecule has 0 unspecified atom stereocenters. The van der Waals surface area contributed by atoms with Gasteiger partial charge in [-0.1, -0.05) is 0 Å². The highest BCUT2D eigenvalue weighted by Gasteiger charge is 2.16. The second-order valence-corrected chi connectivity index (χ2v) is 4.09. The summed E-state index contributed by atoms with van der Waals surface area (Å²) in [6.07, 6.45) is 0.990. The summed E-state index contributed by atoms with van der Waals surface area (Å²) < 4.78 is 0. The van der Waals surface area contributed by atoms with Crippen LogP contribution in [0.2, 0.25) is 0 Å². The van der Waals surface area contributed by atoms with E-state index in [9.17, 15) is 4.79 Å². The first kappa shape index (κ1) is 11.4. The minimum atomic E-state index is -0.711. The Bertz CT molecular complexity index is 149. The van der Waals surface area contributed by atoms with Crippen molar-refractivity contribution in [1.82, 2.24) is 4.90 Å². The molecule has 3 heteroatoms. The third-order valence-corrected chi connectivity index (χ3v) is 2.03. The topological polar surface area (TPSA) is 40.5 Å². The molecule has 0 amide bonds. The standard InChI is InChI=1S/C9H19NO2/c1-9(2,3)10(4)7-5-6-8(11)12/h5-7H2,1-4H3,(H,11,12). The van der Waals surface area contributed by atoms with Gasteiger partial charge in [0.1, 0.15) is 0 Å². The molecule has 1 N–H and O–H groups in total. The van der Waals surface area contributed by atoms with Crippen LogP contribution in [0.4, 0.5) is 0 Å². The van der Waals surface area contributed by atoms with Gasteiger partial charge < -0.3 is 10.0 Å². The smallest absolute Gasteiger partial charge is 0.303 e. The van der Waals surface area contributed by atoms with Crippen LogP contribution in [0.25, 0.3) is 0 Å². The summed E-state index contributed by atoms with van der Waals surface area (Å²) in [6, 6.07) is 0. The van der Waals surface area contributed by atoms with Crippen LogP contribution in [0.3, 0.4) is 0 Å². The van der Waals surface area contributed by atoms with E-state index in [1.807, 2.05) is 7.05 Å². The third kappa shape index (κ3) is 5.13. The van der Waals surface area contributed by atoms with Crippen molar-refractivity contribution in [3.8, 4) is 0 Å². The Hall–Kier alpha value is -0.570. The van der Waals surface area contributed by atoms with Gasteiger partial charge >= 0.3 is 5.97 Å².